The number of fused-ring (bicyclic) bond motifs is 12. The fourth-order valence-corrected chi connectivity index (χ4v) is 17.3. The van der Waals surface area contributed by atoms with Crippen LogP contribution in [0.1, 0.15) is 11.1 Å². The first kappa shape index (κ1) is 57.2. The van der Waals surface area contributed by atoms with Crippen molar-refractivity contribution in [3.8, 4) is 68.0 Å². The summed E-state index contributed by atoms with van der Waals surface area (Å²) in [6.45, 7) is 0. The second-order valence-electron chi connectivity index (χ2n) is 27.2. The largest absolute Gasteiger partial charge is 0.309 e. The summed E-state index contributed by atoms with van der Waals surface area (Å²) >= 11 is 0. The van der Waals surface area contributed by atoms with Crippen LogP contribution in [-0.4, -0.2) is 9.13 Å². The van der Waals surface area contributed by atoms with Gasteiger partial charge in [-0.25, -0.2) is 0 Å². The lowest BCUT2D eigenvalue weighted by molar-refractivity contribution is 1.18. The van der Waals surface area contributed by atoms with Crippen molar-refractivity contribution in [3.63, 3.8) is 0 Å². The van der Waals surface area contributed by atoms with E-state index in [4.69, 9.17) is 0 Å². The van der Waals surface area contributed by atoms with Gasteiger partial charge in [0.2, 0.25) is 0 Å². The smallest absolute Gasteiger partial charge is 0.0992 e. The van der Waals surface area contributed by atoms with Crippen molar-refractivity contribution in [1.82, 2.24) is 9.13 Å². The van der Waals surface area contributed by atoms with E-state index in [1.54, 1.807) is 0 Å². The van der Waals surface area contributed by atoms with Gasteiger partial charge in [-0.05, 0) is 255 Å². The molecule has 468 valence electrons. The Morgan fingerprint density at radius 3 is 0.961 bits per heavy atom. The summed E-state index contributed by atoms with van der Waals surface area (Å²) in [5, 5.41) is 49.3. The zero-order chi connectivity index (χ0) is 67.3. The average molecular weight is 1290 g/mol. The lowest BCUT2D eigenvalue weighted by atomic mass is 9.86. The predicted molar refractivity (Wildman–Crippen MR) is 430 cm³/mol. The average Bonchev–Trinajstić information content (AvgIpc) is 1.46. The molecule has 0 aliphatic carbocycles. The Labute approximate surface area is 586 Å². The Balaban J connectivity index is 0.000000133. The van der Waals surface area contributed by atoms with Crippen LogP contribution in [0.2, 0.25) is 0 Å². The van der Waals surface area contributed by atoms with Gasteiger partial charge in [0.05, 0.1) is 45.3 Å². The van der Waals surface area contributed by atoms with E-state index in [-0.39, 0.29) is 0 Å². The van der Waals surface area contributed by atoms with Gasteiger partial charge in [0.1, 0.15) is 0 Å². The van der Waals surface area contributed by atoms with Gasteiger partial charge < -0.3 is 9.13 Å². The van der Waals surface area contributed by atoms with Crippen molar-refractivity contribution in [2.45, 2.75) is 0 Å². The van der Waals surface area contributed by atoms with Crippen LogP contribution in [-0.2, 0) is 0 Å². The van der Waals surface area contributed by atoms with Crippen LogP contribution in [0, 0.1) is 22.7 Å². The van der Waals surface area contributed by atoms with Crippen LogP contribution in [0.5, 0.6) is 0 Å². The molecular formula is C98H56N4. The molecule has 20 aromatic carbocycles. The van der Waals surface area contributed by atoms with Gasteiger partial charge in [-0.15, -0.1) is 0 Å². The van der Waals surface area contributed by atoms with Gasteiger partial charge in [0.25, 0.3) is 0 Å². The number of hydrogen-bond acceptors (Lipinski definition) is 2. The SMILES string of the molecule is N#Cc1cc2ccc3cc(-c4cc5c6ccccc6c(-c6ccc7ccccc7c6)cc5c5ccccc45)cc4c3c2c(c1)n4-c1ccccc1.N#Cc1cc2ccc3cc(-c4cc5c6ccccc6c(-c6cccc7ccccc67)cc5c5ccccc45)cc4c3c2c(c1)n4-c1ccccc1. The van der Waals surface area contributed by atoms with Crippen LogP contribution < -0.4 is 0 Å². The van der Waals surface area contributed by atoms with E-state index >= 15 is 0 Å². The van der Waals surface area contributed by atoms with Crippen molar-refractivity contribution in [2.75, 3.05) is 0 Å². The second-order valence-corrected chi connectivity index (χ2v) is 27.2. The predicted octanol–water partition coefficient (Wildman–Crippen LogP) is 26.4. The maximum Gasteiger partial charge on any atom is 0.0992 e. The Bertz CT molecular complexity index is 7370. The fourth-order valence-electron chi connectivity index (χ4n) is 17.3. The molecule has 0 N–H and O–H groups in total. The highest BCUT2D eigenvalue weighted by Gasteiger charge is 2.24. The van der Waals surface area contributed by atoms with Crippen molar-refractivity contribution in [2.24, 2.45) is 0 Å². The summed E-state index contributed by atoms with van der Waals surface area (Å²) in [6.07, 6.45) is 0. The van der Waals surface area contributed by atoms with E-state index in [0.29, 0.717) is 11.1 Å². The Hall–Kier alpha value is -13.9. The van der Waals surface area contributed by atoms with Gasteiger partial charge in [-0.1, -0.05) is 237 Å². The number of benzene rings is 20. The molecule has 102 heavy (non-hydrogen) atoms. The van der Waals surface area contributed by atoms with Crippen LogP contribution in [0.4, 0.5) is 0 Å². The van der Waals surface area contributed by atoms with Gasteiger partial charge >= 0.3 is 0 Å². The Kier molecular flexibility index (Phi) is 12.5. The number of nitrogens with zero attached hydrogens (tertiary/aromatic N) is 4. The summed E-state index contributed by atoms with van der Waals surface area (Å²) in [5.41, 5.74) is 17.6. The molecule has 22 aromatic rings. The van der Waals surface area contributed by atoms with Crippen molar-refractivity contribution in [1.29, 1.82) is 10.5 Å². The molecule has 4 heteroatoms. The number of rotatable bonds is 6. The van der Waals surface area contributed by atoms with E-state index < -0.39 is 0 Å². The topological polar surface area (TPSA) is 57.4 Å². The van der Waals surface area contributed by atoms with E-state index in [1.165, 1.54) is 163 Å². The Morgan fingerprint density at radius 1 is 0.186 bits per heavy atom. The molecule has 0 saturated carbocycles. The first-order chi connectivity index (χ1) is 50.5. The highest BCUT2D eigenvalue weighted by atomic mass is 15.0. The quantitative estimate of drug-likeness (QED) is 0.156. The fraction of sp³-hybridized carbons (Fsp3) is 0. The minimum Gasteiger partial charge on any atom is -0.309 e. The van der Waals surface area contributed by atoms with Crippen LogP contribution in [0.15, 0.2) is 340 Å². The molecule has 22 rings (SSSR count). The van der Waals surface area contributed by atoms with E-state index in [1.807, 2.05) is 24.3 Å². The van der Waals surface area contributed by atoms with Crippen molar-refractivity contribution in [3.05, 3.63) is 351 Å². The molecule has 0 fully saturated rings. The summed E-state index contributed by atoms with van der Waals surface area (Å²) in [5.74, 6) is 0. The van der Waals surface area contributed by atoms with Gasteiger partial charge in [0, 0.05) is 32.9 Å². The molecular weight excluding hydrogens is 1230 g/mol. The molecule has 0 unspecified atom stereocenters. The zero-order valence-corrected chi connectivity index (χ0v) is 55.1. The second kappa shape index (κ2) is 22.3. The van der Waals surface area contributed by atoms with Crippen LogP contribution in [0.3, 0.4) is 0 Å². The highest BCUT2D eigenvalue weighted by Crippen LogP contribution is 2.49. The maximum absolute atomic E-state index is 9.97. The minimum atomic E-state index is 0.668. The third-order valence-corrected chi connectivity index (χ3v) is 21.8. The van der Waals surface area contributed by atoms with Crippen LogP contribution >= 0.6 is 0 Å². The minimum absolute atomic E-state index is 0.668. The molecule has 2 aromatic heterocycles. The maximum atomic E-state index is 9.97. The lowest BCUT2D eigenvalue weighted by Crippen LogP contribution is -1.94. The molecule has 0 saturated heterocycles. The summed E-state index contributed by atoms with van der Waals surface area (Å²) < 4.78 is 4.67. The van der Waals surface area contributed by atoms with Crippen LogP contribution in [0.25, 0.3) is 207 Å². The first-order valence-electron chi connectivity index (χ1n) is 34.8. The number of nitriles is 2. The third kappa shape index (κ3) is 8.61. The first-order valence-corrected chi connectivity index (χ1v) is 34.8. The third-order valence-electron chi connectivity index (χ3n) is 21.8. The molecule has 0 aliphatic rings. The van der Waals surface area contributed by atoms with E-state index in [9.17, 15) is 10.5 Å². The number of hydrogen-bond donors (Lipinski definition) is 0. The molecule has 0 bridgehead atoms. The van der Waals surface area contributed by atoms with E-state index in [2.05, 4.69) is 337 Å². The summed E-state index contributed by atoms with van der Waals surface area (Å²) in [4.78, 5) is 0. The Morgan fingerprint density at radius 2 is 0.510 bits per heavy atom. The molecule has 0 spiro atoms. The van der Waals surface area contributed by atoms with Crippen molar-refractivity contribution < 1.29 is 0 Å². The number of aromatic nitrogens is 2. The number of para-hydroxylation sites is 2. The molecule has 0 atom stereocenters. The summed E-state index contributed by atoms with van der Waals surface area (Å²) in [7, 11) is 0. The van der Waals surface area contributed by atoms with Gasteiger partial charge in [-0.3, -0.25) is 0 Å². The molecule has 2 heterocycles. The molecule has 0 aliphatic heterocycles. The normalized spacial score (nSPS) is 11.9. The summed E-state index contributed by atoms with van der Waals surface area (Å²) in [6, 6.07) is 128. The van der Waals surface area contributed by atoms with Gasteiger partial charge in [0.15, 0.2) is 0 Å². The zero-order valence-electron chi connectivity index (χ0n) is 55.1. The van der Waals surface area contributed by atoms with Gasteiger partial charge in [-0.2, -0.15) is 10.5 Å². The van der Waals surface area contributed by atoms with Crippen molar-refractivity contribution >= 4 is 151 Å². The standard InChI is InChI=1S/2C49H28N2/c50-29-30-22-34-20-21-35-25-36(26-47-49(35)48(34)46(23-30)51(47)37-12-2-1-3-13-37)43-28-45-40-16-8-6-14-38(40)42(27-44(45)41-17-9-7-15-39(41)43)33-19-18-31-10-4-5-11-32(31)24-33;50-29-30-23-32-21-22-33-25-34(26-47-49(33)48(32)46(24-30)51(47)35-13-2-1-3-14-35)42-27-44-41-19-9-8-18-40(41)43(28-45(44)39-17-7-6-16-38(39)42)37-20-10-12-31-11-4-5-15-36(31)37/h2*1-28H. The molecule has 0 amide bonds. The highest BCUT2D eigenvalue weighted by molar-refractivity contribution is 6.30. The van der Waals surface area contributed by atoms with E-state index in [0.717, 1.165) is 44.2 Å². The molecule has 4 nitrogen and oxygen atoms in total. The monoisotopic (exact) mass is 1290 g/mol. The molecule has 0 radical (unpaired) electrons. The lowest BCUT2D eigenvalue weighted by Gasteiger charge is -2.17.